The second kappa shape index (κ2) is 5.22. The SMILES string of the molecule is CC(C)(CO)CO[C@]12CCCC[C@H]1c1ccccc1C2=O. The van der Waals surface area contributed by atoms with E-state index < -0.39 is 5.60 Å². The van der Waals surface area contributed by atoms with Crippen molar-refractivity contribution < 1.29 is 14.6 Å². The van der Waals surface area contributed by atoms with E-state index in [1.807, 2.05) is 32.0 Å². The summed E-state index contributed by atoms with van der Waals surface area (Å²) in [6.45, 7) is 4.41. The van der Waals surface area contributed by atoms with Crippen LogP contribution in [0, 0.1) is 5.41 Å². The molecule has 0 amide bonds. The summed E-state index contributed by atoms with van der Waals surface area (Å²) >= 11 is 0. The summed E-state index contributed by atoms with van der Waals surface area (Å²) in [7, 11) is 0. The molecule has 0 radical (unpaired) electrons. The molecule has 0 bridgehead atoms. The highest BCUT2D eigenvalue weighted by molar-refractivity contribution is 6.08. The lowest BCUT2D eigenvalue weighted by Crippen LogP contribution is -2.46. The van der Waals surface area contributed by atoms with Crippen molar-refractivity contribution in [2.45, 2.75) is 51.0 Å². The molecule has 0 spiro atoms. The van der Waals surface area contributed by atoms with Gasteiger partial charge in [0.15, 0.2) is 5.78 Å². The molecule has 3 nitrogen and oxygen atoms in total. The lowest BCUT2D eigenvalue weighted by molar-refractivity contribution is -0.0880. The molecule has 114 valence electrons. The maximum absolute atomic E-state index is 13.0. The number of carbonyl (C=O) groups is 1. The van der Waals surface area contributed by atoms with Crippen molar-refractivity contribution in [2.24, 2.45) is 5.41 Å². The third kappa shape index (κ3) is 2.33. The van der Waals surface area contributed by atoms with Crippen molar-refractivity contribution in [2.75, 3.05) is 13.2 Å². The van der Waals surface area contributed by atoms with E-state index >= 15 is 0 Å². The highest BCUT2D eigenvalue weighted by Gasteiger charge is 2.55. The summed E-state index contributed by atoms with van der Waals surface area (Å²) in [6.07, 6.45) is 4.01. The van der Waals surface area contributed by atoms with Gasteiger partial charge in [0.2, 0.25) is 0 Å². The van der Waals surface area contributed by atoms with E-state index in [-0.39, 0.29) is 23.7 Å². The van der Waals surface area contributed by atoms with Crippen LogP contribution in [0.25, 0.3) is 0 Å². The number of aliphatic hydroxyl groups is 1. The van der Waals surface area contributed by atoms with Crippen LogP contribution < -0.4 is 0 Å². The number of ketones is 1. The summed E-state index contributed by atoms with van der Waals surface area (Å²) in [5, 5.41) is 9.44. The smallest absolute Gasteiger partial charge is 0.195 e. The van der Waals surface area contributed by atoms with Crippen molar-refractivity contribution in [1.29, 1.82) is 0 Å². The van der Waals surface area contributed by atoms with Crippen LogP contribution >= 0.6 is 0 Å². The minimum absolute atomic E-state index is 0.0644. The Morgan fingerprint density at radius 2 is 2.10 bits per heavy atom. The molecule has 0 aliphatic heterocycles. The number of Topliss-reactive ketones (excluding diaryl/α,β-unsaturated/α-hetero) is 1. The van der Waals surface area contributed by atoms with Gasteiger partial charge in [0.05, 0.1) is 13.2 Å². The number of hydrogen-bond donors (Lipinski definition) is 1. The van der Waals surface area contributed by atoms with Gasteiger partial charge in [0.1, 0.15) is 5.60 Å². The fourth-order valence-electron chi connectivity index (χ4n) is 3.67. The molecule has 0 aromatic heterocycles. The van der Waals surface area contributed by atoms with Crippen LogP contribution in [0.15, 0.2) is 24.3 Å². The fourth-order valence-corrected chi connectivity index (χ4v) is 3.67. The number of carbonyl (C=O) groups excluding carboxylic acids is 1. The van der Waals surface area contributed by atoms with E-state index in [2.05, 4.69) is 6.07 Å². The molecular formula is C18H24O3. The normalized spacial score (nSPS) is 28.3. The number of ether oxygens (including phenoxy) is 1. The zero-order valence-electron chi connectivity index (χ0n) is 12.9. The van der Waals surface area contributed by atoms with Crippen LogP contribution in [-0.2, 0) is 4.74 Å². The summed E-state index contributed by atoms with van der Waals surface area (Å²) < 4.78 is 6.24. The molecule has 1 saturated carbocycles. The monoisotopic (exact) mass is 288 g/mol. The largest absolute Gasteiger partial charge is 0.396 e. The van der Waals surface area contributed by atoms with Gasteiger partial charge in [0.25, 0.3) is 0 Å². The number of rotatable bonds is 4. The van der Waals surface area contributed by atoms with Crippen LogP contribution in [-0.4, -0.2) is 29.7 Å². The average molecular weight is 288 g/mol. The Hall–Kier alpha value is -1.19. The molecule has 1 fully saturated rings. The second-order valence-corrected chi connectivity index (χ2v) is 7.22. The van der Waals surface area contributed by atoms with Gasteiger partial charge in [-0.05, 0) is 18.4 Å². The quantitative estimate of drug-likeness (QED) is 0.924. The summed E-state index contributed by atoms with van der Waals surface area (Å²) in [5.41, 5.74) is 0.996. The van der Waals surface area contributed by atoms with Crippen molar-refractivity contribution >= 4 is 5.78 Å². The molecule has 1 aromatic rings. The van der Waals surface area contributed by atoms with Gasteiger partial charge >= 0.3 is 0 Å². The molecule has 0 heterocycles. The molecule has 1 aromatic carbocycles. The molecule has 1 N–H and O–H groups in total. The predicted octanol–water partition coefficient (Wildman–Crippen LogP) is 3.31. The predicted molar refractivity (Wildman–Crippen MR) is 81.5 cm³/mol. The van der Waals surface area contributed by atoms with Gasteiger partial charge in [-0.1, -0.05) is 51.0 Å². The van der Waals surface area contributed by atoms with E-state index in [1.54, 1.807) is 0 Å². The minimum Gasteiger partial charge on any atom is -0.396 e. The molecule has 21 heavy (non-hydrogen) atoms. The number of fused-ring (bicyclic) bond motifs is 3. The Morgan fingerprint density at radius 1 is 1.33 bits per heavy atom. The Labute approximate surface area is 126 Å². The number of benzene rings is 1. The van der Waals surface area contributed by atoms with Gasteiger partial charge in [-0.3, -0.25) is 4.79 Å². The van der Waals surface area contributed by atoms with Crippen LogP contribution in [0.5, 0.6) is 0 Å². The molecule has 0 unspecified atom stereocenters. The van der Waals surface area contributed by atoms with E-state index in [1.165, 1.54) is 0 Å². The highest BCUT2D eigenvalue weighted by atomic mass is 16.5. The van der Waals surface area contributed by atoms with Crippen LogP contribution in [0.4, 0.5) is 0 Å². The lowest BCUT2D eigenvalue weighted by Gasteiger charge is -2.40. The maximum Gasteiger partial charge on any atom is 0.195 e. The van der Waals surface area contributed by atoms with Gasteiger partial charge in [0, 0.05) is 16.9 Å². The fraction of sp³-hybridized carbons (Fsp3) is 0.611. The zero-order chi connectivity index (χ0) is 15.1. The highest BCUT2D eigenvalue weighted by Crippen LogP contribution is 2.51. The lowest BCUT2D eigenvalue weighted by atomic mass is 9.75. The zero-order valence-corrected chi connectivity index (χ0v) is 12.9. The third-order valence-corrected chi connectivity index (χ3v) is 4.97. The number of hydrogen-bond acceptors (Lipinski definition) is 3. The molecule has 3 heteroatoms. The Kier molecular flexibility index (Phi) is 3.66. The first-order valence-corrected chi connectivity index (χ1v) is 7.89. The topological polar surface area (TPSA) is 46.5 Å². The van der Waals surface area contributed by atoms with Crippen LogP contribution in [0.1, 0.15) is 61.4 Å². The van der Waals surface area contributed by atoms with E-state index in [9.17, 15) is 9.90 Å². The second-order valence-electron chi connectivity index (χ2n) is 7.22. The van der Waals surface area contributed by atoms with Gasteiger partial charge in [-0.25, -0.2) is 0 Å². The van der Waals surface area contributed by atoms with Crippen molar-refractivity contribution in [3.8, 4) is 0 Å². The van der Waals surface area contributed by atoms with Crippen LogP contribution in [0.2, 0.25) is 0 Å². The minimum atomic E-state index is -0.686. The third-order valence-electron chi connectivity index (χ3n) is 4.97. The van der Waals surface area contributed by atoms with E-state index in [0.29, 0.717) is 6.61 Å². The first kappa shape index (κ1) is 14.7. The van der Waals surface area contributed by atoms with Gasteiger partial charge in [-0.15, -0.1) is 0 Å². The Bertz CT molecular complexity index is 549. The first-order chi connectivity index (χ1) is 10.0. The van der Waals surface area contributed by atoms with Gasteiger partial charge < -0.3 is 9.84 Å². The maximum atomic E-state index is 13.0. The first-order valence-electron chi connectivity index (χ1n) is 7.89. The Balaban J connectivity index is 1.94. The Morgan fingerprint density at radius 3 is 2.86 bits per heavy atom. The molecule has 2 aliphatic rings. The summed E-state index contributed by atoms with van der Waals surface area (Å²) in [6, 6.07) is 7.94. The van der Waals surface area contributed by atoms with E-state index in [4.69, 9.17) is 4.74 Å². The van der Waals surface area contributed by atoms with Crippen molar-refractivity contribution in [3.05, 3.63) is 35.4 Å². The summed E-state index contributed by atoms with van der Waals surface area (Å²) in [4.78, 5) is 13.0. The molecule has 2 aliphatic carbocycles. The standard InChI is InChI=1S/C18H24O3/c1-17(2,11-19)12-21-18-10-6-5-9-15(18)13-7-3-4-8-14(13)16(18)20/h3-4,7-8,15,19H,5-6,9-12H2,1-2H3/t15-,18+/m0/s1. The van der Waals surface area contributed by atoms with Crippen molar-refractivity contribution in [1.82, 2.24) is 0 Å². The number of aliphatic hydroxyl groups excluding tert-OH is 1. The molecule has 3 rings (SSSR count). The van der Waals surface area contributed by atoms with Crippen LogP contribution in [0.3, 0.4) is 0 Å². The average Bonchev–Trinajstić information content (AvgIpc) is 2.77. The van der Waals surface area contributed by atoms with E-state index in [0.717, 1.165) is 36.8 Å². The van der Waals surface area contributed by atoms with Crippen molar-refractivity contribution in [3.63, 3.8) is 0 Å². The summed E-state index contributed by atoms with van der Waals surface area (Å²) in [5.74, 6) is 0.334. The van der Waals surface area contributed by atoms with Gasteiger partial charge in [-0.2, -0.15) is 0 Å². The molecule has 0 saturated heterocycles. The molecular weight excluding hydrogens is 264 g/mol. The molecule has 2 atom stereocenters.